The predicted molar refractivity (Wildman–Crippen MR) is 79.6 cm³/mol. The highest BCUT2D eigenvalue weighted by molar-refractivity contribution is 9.10. The third-order valence-electron chi connectivity index (χ3n) is 2.69. The van der Waals surface area contributed by atoms with E-state index < -0.39 is 17.8 Å². The Bertz CT molecular complexity index is 651. The Labute approximate surface area is 128 Å². The van der Waals surface area contributed by atoms with Crippen LogP contribution in [0.25, 0.3) is 0 Å². The average molecular weight is 359 g/mol. The number of hydrogen-bond acceptors (Lipinski definition) is 2. The van der Waals surface area contributed by atoms with Gasteiger partial charge < -0.3 is 10.4 Å². The van der Waals surface area contributed by atoms with Crippen LogP contribution in [0.2, 0.25) is 5.02 Å². The lowest BCUT2D eigenvalue weighted by molar-refractivity contribution is -0.138. The van der Waals surface area contributed by atoms with E-state index in [-0.39, 0.29) is 5.56 Å². The Balaban J connectivity index is 2.33. The third kappa shape index (κ3) is 3.29. The summed E-state index contributed by atoms with van der Waals surface area (Å²) in [7, 11) is 0. The quantitative estimate of drug-likeness (QED) is 0.847. The van der Waals surface area contributed by atoms with Crippen molar-refractivity contribution in [2.75, 3.05) is 5.32 Å². The molecule has 0 aliphatic rings. The molecule has 2 aromatic carbocycles. The topological polar surface area (TPSA) is 49.3 Å². The molecule has 2 rings (SSSR count). The zero-order valence-corrected chi connectivity index (χ0v) is 12.5. The van der Waals surface area contributed by atoms with E-state index in [4.69, 9.17) is 11.6 Å². The van der Waals surface area contributed by atoms with Gasteiger partial charge in [0.25, 0.3) is 0 Å². The maximum absolute atomic E-state index is 13.7. The Morgan fingerprint density at radius 1 is 1.30 bits per heavy atom. The Hall–Kier alpha value is -1.59. The second-order valence-corrected chi connectivity index (χ2v) is 5.33. The molecule has 0 aromatic heterocycles. The molecular formula is C14H10BrClFNO2. The van der Waals surface area contributed by atoms with Crippen molar-refractivity contribution in [3.05, 3.63) is 63.3 Å². The fourth-order valence-electron chi connectivity index (χ4n) is 1.73. The van der Waals surface area contributed by atoms with Gasteiger partial charge in [-0.15, -0.1) is 0 Å². The van der Waals surface area contributed by atoms with Crippen LogP contribution >= 0.6 is 27.5 Å². The molecule has 0 bridgehead atoms. The number of benzene rings is 2. The van der Waals surface area contributed by atoms with Gasteiger partial charge in [0.05, 0.1) is 5.02 Å². The van der Waals surface area contributed by atoms with Crippen LogP contribution in [-0.4, -0.2) is 11.1 Å². The zero-order valence-electron chi connectivity index (χ0n) is 10.1. The Kier molecular flexibility index (Phi) is 4.62. The fraction of sp³-hybridized carbons (Fsp3) is 0.0714. The standard InChI is InChI=1S/C14H10BrClFNO2/c15-10-7-8(5-6-11(10)16)18-13(14(19)20)9-3-1-2-4-12(9)17/h1-7,13,18H,(H,19,20). The van der Waals surface area contributed by atoms with Gasteiger partial charge in [0.15, 0.2) is 6.04 Å². The summed E-state index contributed by atoms with van der Waals surface area (Å²) in [5.74, 6) is -1.73. The molecule has 1 atom stereocenters. The minimum atomic E-state index is -1.18. The Morgan fingerprint density at radius 2 is 2.00 bits per heavy atom. The van der Waals surface area contributed by atoms with Gasteiger partial charge in [-0.1, -0.05) is 29.8 Å². The molecule has 0 amide bonds. The molecule has 0 fully saturated rings. The number of carboxylic acid groups (broad SMARTS) is 1. The van der Waals surface area contributed by atoms with Crippen molar-refractivity contribution in [2.45, 2.75) is 6.04 Å². The zero-order chi connectivity index (χ0) is 14.7. The molecule has 2 N–H and O–H groups in total. The highest BCUT2D eigenvalue weighted by Gasteiger charge is 2.22. The summed E-state index contributed by atoms with van der Waals surface area (Å²) < 4.78 is 14.3. The van der Waals surface area contributed by atoms with E-state index >= 15 is 0 Å². The van der Waals surface area contributed by atoms with E-state index in [9.17, 15) is 14.3 Å². The number of carboxylic acids is 1. The van der Waals surface area contributed by atoms with Gasteiger partial charge in [-0.3, -0.25) is 0 Å². The number of hydrogen-bond donors (Lipinski definition) is 2. The van der Waals surface area contributed by atoms with Crippen molar-refractivity contribution < 1.29 is 14.3 Å². The molecule has 2 aromatic rings. The summed E-state index contributed by atoms with van der Waals surface area (Å²) in [6.45, 7) is 0. The number of anilines is 1. The highest BCUT2D eigenvalue weighted by atomic mass is 79.9. The molecule has 1 unspecified atom stereocenters. The van der Waals surface area contributed by atoms with Crippen molar-refractivity contribution in [1.29, 1.82) is 0 Å². The van der Waals surface area contributed by atoms with Crippen molar-refractivity contribution in [1.82, 2.24) is 0 Å². The van der Waals surface area contributed by atoms with Gasteiger partial charge in [0.1, 0.15) is 5.82 Å². The minimum Gasteiger partial charge on any atom is -0.479 e. The van der Waals surface area contributed by atoms with Gasteiger partial charge in [-0.05, 0) is 40.2 Å². The molecule has 0 heterocycles. The molecule has 0 radical (unpaired) electrons. The number of rotatable bonds is 4. The van der Waals surface area contributed by atoms with Gasteiger partial charge >= 0.3 is 5.97 Å². The summed E-state index contributed by atoms with van der Waals surface area (Å²) in [5.41, 5.74) is 0.600. The largest absolute Gasteiger partial charge is 0.479 e. The maximum atomic E-state index is 13.7. The fourth-order valence-corrected chi connectivity index (χ4v) is 2.23. The van der Waals surface area contributed by atoms with Gasteiger partial charge in [-0.2, -0.15) is 0 Å². The summed E-state index contributed by atoms with van der Waals surface area (Å²) in [5, 5.41) is 12.6. The van der Waals surface area contributed by atoms with Crippen molar-refractivity contribution in [3.63, 3.8) is 0 Å². The molecule has 0 aliphatic carbocycles. The first-order valence-corrected chi connectivity index (χ1v) is 6.85. The highest BCUT2D eigenvalue weighted by Crippen LogP contribution is 2.28. The third-order valence-corrected chi connectivity index (χ3v) is 3.91. The summed E-state index contributed by atoms with van der Waals surface area (Å²) in [4.78, 5) is 11.3. The molecule has 0 spiro atoms. The van der Waals surface area contributed by atoms with Crippen LogP contribution in [0.5, 0.6) is 0 Å². The van der Waals surface area contributed by atoms with E-state index in [0.717, 1.165) is 0 Å². The maximum Gasteiger partial charge on any atom is 0.330 e. The van der Waals surface area contributed by atoms with Crippen LogP contribution in [0.3, 0.4) is 0 Å². The van der Waals surface area contributed by atoms with Crippen LogP contribution in [0.1, 0.15) is 11.6 Å². The monoisotopic (exact) mass is 357 g/mol. The van der Waals surface area contributed by atoms with Crippen LogP contribution in [0.4, 0.5) is 10.1 Å². The van der Waals surface area contributed by atoms with Crippen LogP contribution < -0.4 is 5.32 Å². The Morgan fingerprint density at radius 3 is 2.60 bits per heavy atom. The average Bonchev–Trinajstić information content (AvgIpc) is 2.41. The van der Waals surface area contributed by atoms with Gasteiger partial charge in [-0.25, -0.2) is 9.18 Å². The van der Waals surface area contributed by atoms with Crippen LogP contribution in [0.15, 0.2) is 46.9 Å². The second kappa shape index (κ2) is 6.24. The summed E-state index contributed by atoms with van der Waals surface area (Å²) in [6.07, 6.45) is 0. The molecule has 0 saturated heterocycles. The normalized spacial score (nSPS) is 11.9. The lowest BCUT2D eigenvalue weighted by Crippen LogP contribution is -2.21. The van der Waals surface area contributed by atoms with E-state index in [1.807, 2.05) is 0 Å². The second-order valence-electron chi connectivity index (χ2n) is 4.07. The van der Waals surface area contributed by atoms with E-state index in [0.29, 0.717) is 15.2 Å². The molecular weight excluding hydrogens is 349 g/mol. The molecule has 104 valence electrons. The van der Waals surface area contributed by atoms with E-state index in [1.165, 1.54) is 18.2 Å². The van der Waals surface area contributed by atoms with Gasteiger partial charge in [0, 0.05) is 15.7 Å². The lowest BCUT2D eigenvalue weighted by atomic mass is 10.1. The van der Waals surface area contributed by atoms with Gasteiger partial charge in [0.2, 0.25) is 0 Å². The van der Waals surface area contributed by atoms with Crippen molar-refractivity contribution >= 4 is 39.2 Å². The van der Waals surface area contributed by atoms with Crippen molar-refractivity contribution in [2.24, 2.45) is 0 Å². The smallest absolute Gasteiger partial charge is 0.330 e. The lowest BCUT2D eigenvalue weighted by Gasteiger charge is -2.17. The number of nitrogens with one attached hydrogen (secondary N) is 1. The summed E-state index contributed by atoms with van der Waals surface area (Å²) in [6, 6.07) is 9.47. The molecule has 3 nitrogen and oxygen atoms in total. The molecule has 0 aliphatic heterocycles. The number of halogens is 3. The van der Waals surface area contributed by atoms with E-state index in [2.05, 4.69) is 21.2 Å². The minimum absolute atomic E-state index is 0.0751. The number of aliphatic carboxylic acids is 1. The first-order valence-electron chi connectivity index (χ1n) is 5.68. The first-order chi connectivity index (χ1) is 9.49. The first kappa shape index (κ1) is 14.8. The molecule has 20 heavy (non-hydrogen) atoms. The predicted octanol–water partition coefficient (Wildman–Crippen LogP) is 4.48. The van der Waals surface area contributed by atoms with Crippen LogP contribution in [-0.2, 0) is 4.79 Å². The van der Waals surface area contributed by atoms with Crippen molar-refractivity contribution in [3.8, 4) is 0 Å². The molecule has 6 heteroatoms. The van der Waals surface area contributed by atoms with E-state index in [1.54, 1.807) is 24.3 Å². The SMILES string of the molecule is O=C(O)C(Nc1ccc(Cl)c(Br)c1)c1ccccc1F. The van der Waals surface area contributed by atoms with Crippen LogP contribution in [0, 0.1) is 5.82 Å². The summed E-state index contributed by atoms with van der Waals surface area (Å²) >= 11 is 9.12. The molecule has 0 saturated carbocycles. The number of carbonyl (C=O) groups is 1.